The Morgan fingerprint density at radius 2 is 2.14 bits per heavy atom. The Balaban J connectivity index is 1.46. The average Bonchev–Trinajstić information content (AvgIpc) is 3.12. The molecular weight excluding hydrogens is 370 g/mol. The number of hydrogen-bond donors (Lipinski definition) is 3. The minimum Gasteiger partial charge on any atom is -0.391 e. The fraction of sp³-hybridized carbons (Fsp3) is 0.333. The number of nitrogens with zero attached hydrogens (tertiary/aromatic N) is 4. The molecule has 3 aromatic rings. The number of aliphatic hydroxyl groups excluding tert-OH is 1. The topological polar surface area (TPSA) is 107 Å². The molecule has 2 aromatic heterocycles. The van der Waals surface area contributed by atoms with E-state index in [1.807, 2.05) is 4.90 Å². The van der Waals surface area contributed by atoms with E-state index in [1.54, 1.807) is 0 Å². The molecule has 10 heteroatoms. The maximum absolute atomic E-state index is 13.8. The fourth-order valence-electron chi connectivity index (χ4n) is 3.46. The smallest absolute Gasteiger partial charge is 0.224 e. The summed E-state index contributed by atoms with van der Waals surface area (Å²) in [6.07, 6.45) is 2.39. The van der Waals surface area contributed by atoms with Crippen LogP contribution in [0.1, 0.15) is 12.0 Å². The normalized spacial score (nSPS) is 19.8. The Morgan fingerprint density at radius 1 is 1.29 bits per heavy atom. The predicted octanol–water partition coefficient (Wildman–Crippen LogP) is 0.930. The van der Waals surface area contributed by atoms with Crippen molar-refractivity contribution in [2.75, 3.05) is 18.0 Å². The number of benzene rings is 1. The van der Waals surface area contributed by atoms with Crippen molar-refractivity contribution in [3.8, 4) is 0 Å². The van der Waals surface area contributed by atoms with Gasteiger partial charge in [-0.3, -0.25) is 4.79 Å². The van der Waals surface area contributed by atoms with Crippen molar-refractivity contribution in [2.45, 2.75) is 25.0 Å². The molecule has 0 saturated carbocycles. The number of fused-ring (bicyclic) bond motifs is 1. The third-order valence-corrected chi connectivity index (χ3v) is 4.66. The van der Waals surface area contributed by atoms with E-state index in [0.717, 1.165) is 12.1 Å². The van der Waals surface area contributed by atoms with Gasteiger partial charge < -0.3 is 20.3 Å². The molecular formula is C18H18F2N6O2. The van der Waals surface area contributed by atoms with E-state index in [4.69, 9.17) is 0 Å². The first-order valence-electron chi connectivity index (χ1n) is 8.80. The fourth-order valence-corrected chi connectivity index (χ4v) is 3.46. The van der Waals surface area contributed by atoms with Crippen LogP contribution < -0.4 is 10.2 Å². The second-order valence-electron chi connectivity index (χ2n) is 6.77. The van der Waals surface area contributed by atoms with Crippen molar-refractivity contribution < 1.29 is 18.7 Å². The highest BCUT2D eigenvalue weighted by molar-refractivity contribution is 5.83. The summed E-state index contributed by atoms with van der Waals surface area (Å²) in [6, 6.07) is 2.76. The zero-order valence-electron chi connectivity index (χ0n) is 14.8. The highest BCUT2D eigenvalue weighted by Gasteiger charge is 2.29. The minimum atomic E-state index is -0.761. The molecule has 2 atom stereocenters. The number of carbonyl (C=O) groups excluding carboxylic acids is 1. The van der Waals surface area contributed by atoms with Gasteiger partial charge in [-0.05, 0) is 18.1 Å². The van der Waals surface area contributed by atoms with Gasteiger partial charge in [0.2, 0.25) is 5.91 Å². The predicted molar refractivity (Wildman–Crippen MR) is 96.5 cm³/mol. The molecule has 0 bridgehead atoms. The van der Waals surface area contributed by atoms with Gasteiger partial charge in [-0.1, -0.05) is 6.07 Å². The molecule has 0 spiro atoms. The Morgan fingerprint density at radius 3 is 2.96 bits per heavy atom. The van der Waals surface area contributed by atoms with Crippen molar-refractivity contribution in [3.63, 3.8) is 0 Å². The summed E-state index contributed by atoms with van der Waals surface area (Å²) in [5.74, 6) is -1.27. The molecule has 0 aliphatic carbocycles. The average molecular weight is 388 g/mol. The van der Waals surface area contributed by atoms with Gasteiger partial charge in [0.05, 0.1) is 18.9 Å². The molecule has 1 amide bonds. The van der Waals surface area contributed by atoms with E-state index < -0.39 is 23.6 Å². The molecule has 1 aliphatic heterocycles. The number of halogens is 2. The number of imidazole rings is 1. The molecule has 1 fully saturated rings. The maximum atomic E-state index is 13.8. The second kappa shape index (κ2) is 7.47. The van der Waals surface area contributed by atoms with Gasteiger partial charge in [0.25, 0.3) is 0 Å². The Labute approximate surface area is 158 Å². The van der Waals surface area contributed by atoms with Gasteiger partial charge in [0.15, 0.2) is 11.5 Å². The largest absolute Gasteiger partial charge is 0.391 e. The molecule has 1 saturated heterocycles. The summed E-state index contributed by atoms with van der Waals surface area (Å²) >= 11 is 0. The standard InChI is InChI=1S/C18H18F2N6O2/c19-11-2-1-10(14(20)4-11)3-15(28)25-12-5-13(27)7-26(6-12)18-16-17(22-8-21-16)23-9-24-18/h1-2,4,8-9,12-13,27H,3,5-7H2,(H,25,28)(H,21,22,23,24)/t12-,13+/m0/s1. The first kappa shape index (κ1) is 18.2. The van der Waals surface area contributed by atoms with Gasteiger partial charge in [-0.2, -0.15) is 0 Å². The zero-order valence-corrected chi connectivity index (χ0v) is 14.8. The molecule has 3 heterocycles. The van der Waals surface area contributed by atoms with Crippen LogP contribution >= 0.6 is 0 Å². The van der Waals surface area contributed by atoms with E-state index in [1.165, 1.54) is 18.7 Å². The Hall–Kier alpha value is -3.14. The van der Waals surface area contributed by atoms with E-state index in [9.17, 15) is 18.7 Å². The summed E-state index contributed by atoms with van der Waals surface area (Å²) in [5.41, 5.74) is 1.27. The molecule has 8 nitrogen and oxygen atoms in total. The zero-order chi connectivity index (χ0) is 19.7. The van der Waals surface area contributed by atoms with Gasteiger partial charge in [0, 0.05) is 25.2 Å². The third-order valence-electron chi connectivity index (χ3n) is 4.66. The van der Waals surface area contributed by atoms with Crippen molar-refractivity contribution in [1.29, 1.82) is 0 Å². The Kier molecular flexibility index (Phi) is 4.86. The van der Waals surface area contributed by atoms with Gasteiger partial charge in [0.1, 0.15) is 23.5 Å². The van der Waals surface area contributed by atoms with Crippen molar-refractivity contribution >= 4 is 22.9 Å². The van der Waals surface area contributed by atoms with E-state index in [2.05, 4.69) is 25.3 Å². The molecule has 4 rings (SSSR count). The molecule has 0 radical (unpaired) electrons. The molecule has 3 N–H and O–H groups in total. The highest BCUT2D eigenvalue weighted by atomic mass is 19.1. The first-order valence-corrected chi connectivity index (χ1v) is 8.80. The number of hydrogen-bond acceptors (Lipinski definition) is 6. The monoisotopic (exact) mass is 388 g/mol. The van der Waals surface area contributed by atoms with E-state index >= 15 is 0 Å². The lowest BCUT2D eigenvalue weighted by Crippen LogP contribution is -2.53. The van der Waals surface area contributed by atoms with Gasteiger partial charge in [-0.25, -0.2) is 23.7 Å². The van der Waals surface area contributed by atoms with Crippen molar-refractivity contribution in [1.82, 2.24) is 25.3 Å². The van der Waals surface area contributed by atoms with Gasteiger partial charge >= 0.3 is 0 Å². The number of aliphatic hydroxyl groups is 1. The van der Waals surface area contributed by atoms with Gasteiger partial charge in [-0.15, -0.1) is 0 Å². The summed E-state index contributed by atoms with van der Waals surface area (Å²) in [7, 11) is 0. The first-order chi connectivity index (χ1) is 13.5. The number of H-pyrrole nitrogens is 1. The molecule has 146 valence electrons. The van der Waals surface area contributed by atoms with Crippen LogP contribution in [0.15, 0.2) is 30.9 Å². The number of aromatic nitrogens is 4. The number of anilines is 1. The number of rotatable bonds is 4. The molecule has 1 aromatic carbocycles. The lowest BCUT2D eigenvalue weighted by molar-refractivity contribution is -0.121. The second-order valence-corrected chi connectivity index (χ2v) is 6.77. The molecule has 1 aliphatic rings. The Bertz CT molecular complexity index is 1010. The number of carbonyl (C=O) groups is 1. The lowest BCUT2D eigenvalue weighted by atomic mass is 10.0. The van der Waals surface area contributed by atoms with Crippen LogP contribution in [-0.2, 0) is 11.2 Å². The number of amides is 1. The van der Waals surface area contributed by atoms with Crippen LogP contribution in [0.2, 0.25) is 0 Å². The quantitative estimate of drug-likeness (QED) is 0.614. The lowest BCUT2D eigenvalue weighted by Gasteiger charge is -2.36. The van der Waals surface area contributed by atoms with Crippen LogP contribution in [0.25, 0.3) is 11.2 Å². The summed E-state index contributed by atoms with van der Waals surface area (Å²) in [6.45, 7) is 0.768. The number of nitrogens with one attached hydrogen (secondary N) is 2. The summed E-state index contributed by atoms with van der Waals surface area (Å²) < 4.78 is 26.8. The summed E-state index contributed by atoms with van der Waals surface area (Å²) in [4.78, 5) is 29.6. The number of β-amino-alcohol motifs (C(OH)–C–C–N with tert-alkyl or cyclic N) is 1. The SMILES string of the molecule is O=C(Cc1ccc(F)cc1F)N[C@H]1C[C@@H](O)CN(c2ncnc3nc[nH]c23)C1. The van der Waals surface area contributed by atoms with Crippen LogP contribution in [0.5, 0.6) is 0 Å². The van der Waals surface area contributed by atoms with Crippen LogP contribution in [0.4, 0.5) is 14.6 Å². The van der Waals surface area contributed by atoms with E-state index in [-0.39, 0.29) is 18.0 Å². The van der Waals surface area contributed by atoms with Crippen molar-refractivity contribution in [2.24, 2.45) is 0 Å². The van der Waals surface area contributed by atoms with E-state index in [0.29, 0.717) is 36.5 Å². The molecule has 28 heavy (non-hydrogen) atoms. The highest BCUT2D eigenvalue weighted by Crippen LogP contribution is 2.23. The van der Waals surface area contributed by atoms with Crippen LogP contribution in [0.3, 0.4) is 0 Å². The number of piperidine rings is 1. The van der Waals surface area contributed by atoms with Crippen LogP contribution in [0, 0.1) is 11.6 Å². The maximum Gasteiger partial charge on any atom is 0.224 e. The van der Waals surface area contributed by atoms with Crippen molar-refractivity contribution in [3.05, 3.63) is 48.1 Å². The number of aromatic amines is 1. The molecule has 0 unspecified atom stereocenters. The van der Waals surface area contributed by atoms with Crippen LogP contribution in [-0.4, -0.2) is 56.2 Å². The minimum absolute atomic E-state index is 0.113. The third kappa shape index (κ3) is 3.77. The summed E-state index contributed by atoms with van der Waals surface area (Å²) in [5, 5.41) is 13.1.